The fourth-order valence-corrected chi connectivity index (χ4v) is 6.60. The van der Waals surface area contributed by atoms with Crippen molar-refractivity contribution in [2.24, 2.45) is 0 Å². The summed E-state index contributed by atoms with van der Waals surface area (Å²) in [5, 5.41) is 12.4. The second-order valence-corrected chi connectivity index (χ2v) is 10.3. The second kappa shape index (κ2) is 9.20. The summed E-state index contributed by atoms with van der Waals surface area (Å²) in [7, 11) is -2.72. The summed E-state index contributed by atoms with van der Waals surface area (Å²) in [5.41, 5.74) is 1.06. The van der Waals surface area contributed by atoms with Gasteiger partial charge in [0, 0.05) is 31.7 Å². The number of hydrogen-bond donors (Lipinski definition) is 2. The number of carbonyl (C=O) groups is 1. The van der Waals surface area contributed by atoms with Gasteiger partial charge in [-0.1, -0.05) is 12.1 Å². The molecule has 0 bridgehead atoms. The third kappa shape index (κ3) is 4.51. The van der Waals surface area contributed by atoms with E-state index in [0.29, 0.717) is 42.6 Å². The predicted molar refractivity (Wildman–Crippen MR) is 118 cm³/mol. The van der Waals surface area contributed by atoms with Crippen LogP contribution in [0.5, 0.6) is 5.75 Å². The number of alkyl halides is 3. The first kappa shape index (κ1) is 24.5. The molecular formula is C23H25F3N2O5S. The molecule has 0 spiro atoms. The number of nitrogens with one attached hydrogen (secondary N) is 1. The number of nitrogens with zero attached hydrogens (tertiary/aromatic N) is 1. The van der Waals surface area contributed by atoms with E-state index in [1.165, 1.54) is 23.5 Å². The highest BCUT2D eigenvalue weighted by Gasteiger charge is 2.38. The molecule has 34 heavy (non-hydrogen) atoms. The van der Waals surface area contributed by atoms with Gasteiger partial charge in [-0.2, -0.15) is 17.5 Å². The minimum atomic E-state index is -4.53. The number of piperazine rings is 1. The van der Waals surface area contributed by atoms with Gasteiger partial charge < -0.3 is 15.2 Å². The molecule has 0 aromatic heterocycles. The van der Waals surface area contributed by atoms with Gasteiger partial charge in [0.2, 0.25) is 10.0 Å². The van der Waals surface area contributed by atoms with Gasteiger partial charge in [-0.3, -0.25) is 4.79 Å². The molecule has 0 radical (unpaired) electrons. The van der Waals surface area contributed by atoms with Gasteiger partial charge in [0.1, 0.15) is 10.6 Å². The highest BCUT2D eigenvalue weighted by molar-refractivity contribution is 7.89. The SMILES string of the molecule is COc1cc2c(c(-c3ccc(C(F)(F)F)cc3)c1S(=O)(=O)N1CCNCC1)CCC2CC(=O)O. The molecule has 2 aromatic carbocycles. The summed E-state index contributed by atoms with van der Waals surface area (Å²) in [6.07, 6.45) is -3.75. The molecule has 4 rings (SSSR count). The number of carboxylic acids is 1. The number of hydrogen-bond acceptors (Lipinski definition) is 5. The summed E-state index contributed by atoms with van der Waals surface area (Å²) in [6, 6.07) is 5.95. The van der Waals surface area contributed by atoms with E-state index >= 15 is 0 Å². The number of fused-ring (bicyclic) bond motifs is 1. The van der Waals surface area contributed by atoms with E-state index in [4.69, 9.17) is 4.74 Å². The van der Waals surface area contributed by atoms with Gasteiger partial charge in [-0.15, -0.1) is 0 Å². The van der Waals surface area contributed by atoms with Crippen LogP contribution in [0.4, 0.5) is 13.2 Å². The topological polar surface area (TPSA) is 95.9 Å². The first-order valence-electron chi connectivity index (χ1n) is 10.9. The van der Waals surface area contributed by atoms with Crippen molar-refractivity contribution >= 4 is 16.0 Å². The number of carboxylic acid groups (broad SMARTS) is 1. The molecule has 1 heterocycles. The number of methoxy groups -OCH3 is 1. The molecule has 0 saturated carbocycles. The maximum atomic E-state index is 13.8. The Morgan fingerprint density at radius 1 is 1.21 bits per heavy atom. The van der Waals surface area contributed by atoms with E-state index in [1.54, 1.807) is 6.07 Å². The Bertz CT molecular complexity index is 1190. The zero-order valence-corrected chi connectivity index (χ0v) is 19.3. The van der Waals surface area contributed by atoms with E-state index in [-0.39, 0.29) is 41.6 Å². The number of benzene rings is 2. The van der Waals surface area contributed by atoms with E-state index in [1.807, 2.05) is 0 Å². The lowest BCUT2D eigenvalue weighted by molar-refractivity contribution is -0.138. The van der Waals surface area contributed by atoms with Crippen LogP contribution in [0, 0.1) is 0 Å². The van der Waals surface area contributed by atoms with Gasteiger partial charge in [0.15, 0.2) is 0 Å². The van der Waals surface area contributed by atoms with Crippen molar-refractivity contribution < 1.29 is 36.2 Å². The molecule has 184 valence electrons. The summed E-state index contributed by atoms with van der Waals surface area (Å²) >= 11 is 0. The Hall–Kier alpha value is -2.63. The molecule has 1 aliphatic heterocycles. The van der Waals surface area contributed by atoms with Crippen LogP contribution in [0.15, 0.2) is 35.2 Å². The second-order valence-electron chi connectivity index (χ2n) is 8.41. The number of rotatable bonds is 6. The lowest BCUT2D eigenvalue weighted by Gasteiger charge is -2.29. The molecule has 1 unspecified atom stereocenters. The Kier molecular flexibility index (Phi) is 6.63. The average Bonchev–Trinajstić information content (AvgIpc) is 3.19. The van der Waals surface area contributed by atoms with E-state index in [2.05, 4.69) is 5.32 Å². The van der Waals surface area contributed by atoms with Gasteiger partial charge in [0.25, 0.3) is 0 Å². The Balaban J connectivity index is 1.96. The Labute approximate surface area is 195 Å². The lowest BCUT2D eigenvalue weighted by Crippen LogP contribution is -2.46. The fraction of sp³-hybridized carbons (Fsp3) is 0.435. The average molecular weight is 499 g/mol. The van der Waals surface area contributed by atoms with Crippen molar-refractivity contribution in [2.45, 2.75) is 36.3 Å². The zero-order valence-electron chi connectivity index (χ0n) is 18.5. The minimum Gasteiger partial charge on any atom is -0.495 e. The van der Waals surface area contributed by atoms with Gasteiger partial charge in [-0.25, -0.2) is 8.42 Å². The van der Waals surface area contributed by atoms with E-state index < -0.39 is 27.7 Å². The summed E-state index contributed by atoms with van der Waals surface area (Å²) in [5.74, 6) is -1.26. The third-order valence-corrected chi connectivity index (χ3v) is 8.35. The number of ether oxygens (including phenoxy) is 1. The van der Waals surface area contributed by atoms with Gasteiger partial charge >= 0.3 is 12.1 Å². The maximum absolute atomic E-state index is 13.8. The Morgan fingerprint density at radius 2 is 1.85 bits per heavy atom. The quantitative estimate of drug-likeness (QED) is 0.633. The van der Waals surface area contributed by atoms with Crippen LogP contribution < -0.4 is 10.1 Å². The van der Waals surface area contributed by atoms with Crippen molar-refractivity contribution in [1.29, 1.82) is 0 Å². The monoisotopic (exact) mass is 498 g/mol. The van der Waals surface area contributed by atoms with Crippen molar-refractivity contribution in [3.05, 3.63) is 47.0 Å². The molecule has 1 atom stereocenters. The summed E-state index contributed by atoms with van der Waals surface area (Å²) < 4.78 is 73.9. The highest BCUT2D eigenvalue weighted by Crippen LogP contribution is 2.48. The van der Waals surface area contributed by atoms with Crippen LogP contribution in [-0.2, 0) is 27.4 Å². The van der Waals surface area contributed by atoms with Crippen LogP contribution >= 0.6 is 0 Å². The summed E-state index contributed by atoms with van der Waals surface area (Å²) in [4.78, 5) is 11.3. The minimum absolute atomic E-state index is 0.0597. The number of sulfonamides is 1. The smallest absolute Gasteiger partial charge is 0.416 e. The van der Waals surface area contributed by atoms with Crippen molar-refractivity contribution in [3.63, 3.8) is 0 Å². The molecule has 2 N–H and O–H groups in total. The van der Waals surface area contributed by atoms with E-state index in [9.17, 15) is 31.5 Å². The van der Waals surface area contributed by atoms with Crippen molar-refractivity contribution in [1.82, 2.24) is 9.62 Å². The van der Waals surface area contributed by atoms with Crippen LogP contribution in [0.2, 0.25) is 0 Å². The van der Waals surface area contributed by atoms with Crippen LogP contribution in [0.1, 0.15) is 35.4 Å². The molecule has 2 aliphatic rings. The first-order chi connectivity index (χ1) is 16.0. The molecule has 1 aliphatic carbocycles. The molecule has 11 heteroatoms. The fourth-order valence-electron chi connectivity index (χ4n) is 4.78. The normalized spacial score (nSPS) is 19.1. The number of aliphatic carboxylic acids is 1. The predicted octanol–water partition coefficient (Wildman–Crippen LogP) is 3.48. The third-order valence-electron chi connectivity index (χ3n) is 6.39. The highest BCUT2D eigenvalue weighted by atomic mass is 32.2. The molecule has 0 amide bonds. The van der Waals surface area contributed by atoms with Crippen molar-refractivity contribution in [2.75, 3.05) is 33.3 Å². The van der Waals surface area contributed by atoms with Crippen molar-refractivity contribution in [3.8, 4) is 16.9 Å². The largest absolute Gasteiger partial charge is 0.495 e. The number of halogens is 3. The molecule has 1 saturated heterocycles. The van der Waals surface area contributed by atoms with Crippen LogP contribution in [-0.4, -0.2) is 57.1 Å². The standard InChI is InChI=1S/C23H25F3N2O5S/c1-33-19-13-18-15(12-20(29)30)4-7-17(18)21(14-2-5-16(6-3-14)23(24,25)26)22(19)34(31,32)28-10-8-27-9-11-28/h2-3,5-6,13,15,27H,4,7-12H2,1H3,(H,29,30). The molecule has 2 aromatic rings. The van der Waals surface area contributed by atoms with E-state index in [0.717, 1.165) is 12.1 Å². The van der Waals surface area contributed by atoms with Gasteiger partial charge in [-0.05, 0) is 53.6 Å². The lowest BCUT2D eigenvalue weighted by atomic mass is 9.92. The van der Waals surface area contributed by atoms with Crippen LogP contribution in [0.25, 0.3) is 11.1 Å². The summed E-state index contributed by atoms with van der Waals surface area (Å²) in [6.45, 7) is 1.44. The molecular weight excluding hydrogens is 473 g/mol. The molecule has 1 fully saturated rings. The van der Waals surface area contributed by atoms with Gasteiger partial charge in [0.05, 0.1) is 19.1 Å². The maximum Gasteiger partial charge on any atom is 0.416 e. The first-order valence-corrected chi connectivity index (χ1v) is 12.3. The molecule has 7 nitrogen and oxygen atoms in total. The van der Waals surface area contributed by atoms with Crippen LogP contribution in [0.3, 0.4) is 0 Å². The Morgan fingerprint density at radius 3 is 2.41 bits per heavy atom. The zero-order chi connectivity index (χ0) is 24.7.